The molecule has 0 aliphatic heterocycles. The lowest BCUT2D eigenvalue weighted by molar-refractivity contribution is 0.610. The first-order chi connectivity index (χ1) is 8.11. The minimum absolute atomic E-state index is 0.106. The molecular weight excluding hydrogens is 303 g/mol. The Kier molecular flexibility index (Phi) is 3.93. The largest absolute Gasteiger partial charge is 0.271 e. The van der Waals surface area contributed by atoms with Crippen molar-refractivity contribution >= 4 is 27.3 Å². The minimum Gasteiger partial charge on any atom is -0.271 e. The van der Waals surface area contributed by atoms with E-state index in [9.17, 15) is 4.39 Å². The quantitative estimate of drug-likeness (QED) is 0.672. The van der Waals surface area contributed by atoms with Crippen LogP contribution >= 0.6 is 27.3 Å². The summed E-state index contributed by atoms with van der Waals surface area (Å²) in [4.78, 5) is 1.09. The monoisotopic (exact) mass is 314 g/mol. The van der Waals surface area contributed by atoms with Gasteiger partial charge in [-0.1, -0.05) is 12.1 Å². The number of nitrogens with one attached hydrogen (secondary N) is 1. The van der Waals surface area contributed by atoms with Gasteiger partial charge in [0.25, 0.3) is 0 Å². The minimum atomic E-state index is -0.197. The summed E-state index contributed by atoms with van der Waals surface area (Å²) in [7, 11) is 0. The van der Waals surface area contributed by atoms with Crippen LogP contribution < -0.4 is 11.3 Å². The zero-order valence-electron chi connectivity index (χ0n) is 9.21. The van der Waals surface area contributed by atoms with Crippen molar-refractivity contribution in [3.05, 3.63) is 55.9 Å². The third-order valence-electron chi connectivity index (χ3n) is 2.55. The van der Waals surface area contributed by atoms with Gasteiger partial charge in [-0.05, 0) is 46.1 Å². The van der Waals surface area contributed by atoms with E-state index in [4.69, 9.17) is 5.84 Å². The van der Waals surface area contributed by atoms with Gasteiger partial charge in [-0.2, -0.15) is 0 Å². The standard InChI is InChI=1S/C12H12BrFN2S/c1-7-4-8(2-3-10(7)14)12(16-15)11-5-9(13)6-17-11/h2-6,12,16H,15H2,1H3. The molecule has 3 N–H and O–H groups in total. The Morgan fingerprint density at radius 3 is 2.71 bits per heavy atom. The van der Waals surface area contributed by atoms with Crippen LogP contribution in [0.5, 0.6) is 0 Å². The first-order valence-electron chi connectivity index (χ1n) is 5.08. The lowest BCUT2D eigenvalue weighted by atomic mass is 10.0. The molecule has 1 heterocycles. The van der Waals surface area contributed by atoms with Crippen LogP contribution in [0.1, 0.15) is 22.0 Å². The second-order valence-electron chi connectivity index (χ2n) is 3.78. The van der Waals surface area contributed by atoms with Crippen molar-refractivity contribution in [3.63, 3.8) is 0 Å². The van der Waals surface area contributed by atoms with Crippen molar-refractivity contribution in [2.24, 2.45) is 5.84 Å². The van der Waals surface area contributed by atoms with Crippen LogP contribution in [0.2, 0.25) is 0 Å². The van der Waals surface area contributed by atoms with Crippen molar-refractivity contribution in [1.82, 2.24) is 5.43 Å². The molecule has 0 bridgehead atoms. The number of hydrogen-bond donors (Lipinski definition) is 2. The summed E-state index contributed by atoms with van der Waals surface area (Å²) in [5.41, 5.74) is 4.34. The maximum Gasteiger partial charge on any atom is 0.126 e. The molecule has 0 aliphatic rings. The average molecular weight is 315 g/mol. The first-order valence-corrected chi connectivity index (χ1v) is 6.75. The number of thiophene rings is 1. The number of nitrogens with two attached hydrogens (primary N) is 1. The predicted octanol–water partition coefficient (Wildman–Crippen LogP) is 3.51. The van der Waals surface area contributed by atoms with Crippen molar-refractivity contribution in [1.29, 1.82) is 0 Å². The van der Waals surface area contributed by atoms with Crippen LogP contribution in [-0.4, -0.2) is 0 Å². The summed E-state index contributed by atoms with van der Waals surface area (Å²) in [5, 5.41) is 2.00. The van der Waals surface area contributed by atoms with E-state index in [2.05, 4.69) is 21.4 Å². The lowest BCUT2D eigenvalue weighted by Gasteiger charge is -2.15. The van der Waals surface area contributed by atoms with E-state index < -0.39 is 0 Å². The molecule has 0 fully saturated rings. The molecule has 1 atom stereocenters. The molecule has 1 aromatic carbocycles. The van der Waals surface area contributed by atoms with Gasteiger partial charge in [-0.15, -0.1) is 11.3 Å². The zero-order valence-corrected chi connectivity index (χ0v) is 11.6. The highest BCUT2D eigenvalue weighted by molar-refractivity contribution is 9.10. The topological polar surface area (TPSA) is 38.0 Å². The van der Waals surface area contributed by atoms with Gasteiger partial charge in [-0.3, -0.25) is 5.84 Å². The maximum atomic E-state index is 13.2. The highest BCUT2D eigenvalue weighted by Gasteiger charge is 2.15. The summed E-state index contributed by atoms with van der Waals surface area (Å²) >= 11 is 5.01. The van der Waals surface area contributed by atoms with Crippen LogP contribution in [0.15, 0.2) is 34.1 Å². The second kappa shape index (κ2) is 5.27. The number of aryl methyl sites for hydroxylation is 1. The first kappa shape index (κ1) is 12.7. The molecule has 2 aromatic rings. The van der Waals surface area contributed by atoms with Gasteiger partial charge >= 0.3 is 0 Å². The summed E-state index contributed by atoms with van der Waals surface area (Å²) in [6.45, 7) is 1.75. The molecule has 0 radical (unpaired) electrons. The van der Waals surface area contributed by atoms with Gasteiger partial charge in [0.15, 0.2) is 0 Å². The highest BCUT2D eigenvalue weighted by Crippen LogP contribution is 2.30. The van der Waals surface area contributed by atoms with Gasteiger partial charge in [0.1, 0.15) is 5.82 Å². The maximum absolute atomic E-state index is 13.2. The molecule has 0 spiro atoms. The summed E-state index contributed by atoms with van der Waals surface area (Å²) in [6, 6.07) is 6.94. The Bertz CT molecular complexity index is 527. The average Bonchev–Trinajstić information content (AvgIpc) is 2.71. The molecule has 5 heteroatoms. The van der Waals surface area contributed by atoms with Crippen LogP contribution in [0.3, 0.4) is 0 Å². The molecular formula is C12H12BrFN2S. The Labute approximate surface area is 112 Å². The molecule has 90 valence electrons. The van der Waals surface area contributed by atoms with Crippen LogP contribution in [-0.2, 0) is 0 Å². The van der Waals surface area contributed by atoms with Crippen molar-refractivity contribution in [3.8, 4) is 0 Å². The molecule has 2 nitrogen and oxygen atoms in total. The number of hydrogen-bond acceptors (Lipinski definition) is 3. The van der Waals surface area contributed by atoms with E-state index in [0.29, 0.717) is 5.56 Å². The predicted molar refractivity (Wildman–Crippen MR) is 72.3 cm³/mol. The molecule has 0 aliphatic carbocycles. The second-order valence-corrected chi connectivity index (χ2v) is 5.63. The van der Waals surface area contributed by atoms with Crippen molar-refractivity contribution in [2.75, 3.05) is 0 Å². The Morgan fingerprint density at radius 1 is 1.41 bits per heavy atom. The fraction of sp³-hybridized carbons (Fsp3) is 0.167. The fourth-order valence-electron chi connectivity index (χ4n) is 1.67. The molecule has 1 unspecified atom stereocenters. The van der Waals surface area contributed by atoms with Crippen LogP contribution in [0.4, 0.5) is 4.39 Å². The van der Waals surface area contributed by atoms with Gasteiger partial charge in [0.05, 0.1) is 6.04 Å². The van der Waals surface area contributed by atoms with E-state index in [0.717, 1.165) is 14.9 Å². The van der Waals surface area contributed by atoms with E-state index >= 15 is 0 Å². The van der Waals surface area contributed by atoms with E-state index in [1.54, 1.807) is 24.3 Å². The zero-order chi connectivity index (χ0) is 12.4. The van der Waals surface area contributed by atoms with Gasteiger partial charge in [0, 0.05) is 14.7 Å². The fourth-order valence-corrected chi connectivity index (χ4v) is 3.20. The Morgan fingerprint density at radius 2 is 2.18 bits per heavy atom. The molecule has 0 amide bonds. The van der Waals surface area contributed by atoms with Gasteiger partial charge < -0.3 is 0 Å². The third kappa shape index (κ3) is 2.74. The Hall–Kier alpha value is -0.750. The third-order valence-corrected chi connectivity index (χ3v) is 4.31. The van der Waals surface area contributed by atoms with E-state index in [1.165, 1.54) is 6.07 Å². The summed E-state index contributed by atoms with van der Waals surface area (Å²) in [5.74, 6) is 5.38. The number of hydrazine groups is 1. The number of rotatable bonds is 3. The highest BCUT2D eigenvalue weighted by atomic mass is 79.9. The number of benzene rings is 1. The van der Waals surface area contributed by atoms with E-state index in [1.807, 2.05) is 17.5 Å². The van der Waals surface area contributed by atoms with Gasteiger partial charge in [-0.25, -0.2) is 9.82 Å². The molecule has 17 heavy (non-hydrogen) atoms. The summed E-state index contributed by atoms with van der Waals surface area (Å²) < 4.78 is 14.2. The summed E-state index contributed by atoms with van der Waals surface area (Å²) in [6.07, 6.45) is 0. The van der Waals surface area contributed by atoms with Crippen LogP contribution in [0.25, 0.3) is 0 Å². The van der Waals surface area contributed by atoms with Gasteiger partial charge in [0.2, 0.25) is 0 Å². The number of halogens is 2. The molecule has 0 saturated carbocycles. The Balaban J connectivity index is 2.38. The van der Waals surface area contributed by atoms with E-state index in [-0.39, 0.29) is 11.9 Å². The molecule has 0 saturated heterocycles. The normalized spacial score (nSPS) is 12.7. The molecule has 1 aromatic heterocycles. The van der Waals surface area contributed by atoms with Crippen LogP contribution in [0, 0.1) is 12.7 Å². The smallest absolute Gasteiger partial charge is 0.126 e. The lowest BCUT2D eigenvalue weighted by Crippen LogP contribution is -2.28. The molecule has 2 rings (SSSR count). The SMILES string of the molecule is Cc1cc(C(NN)c2cc(Br)cs2)ccc1F. The van der Waals surface area contributed by atoms with Crippen molar-refractivity contribution < 1.29 is 4.39 Å². The van der Waals surface area contributed by atoms with Crippen molar-refractivity contribution in [2.45, 2.75) is 13.0 Å².